The minimum Gasteiger partial charge on any atom is -0.350 e. The molecular weight excluding hydrogens is 286 g/mol. The van der Waals surface area contributed by atoms with E-state index in [9.17, 15) is 4.79 Å². The molecule has 2 rings (SSSR count). The van der Waals surface area contributed by atoms with Crippen LogP contribution in [0.15, 0.2) is 0 Å². The maximum atomic E-state index is 12.4. The van der Waals surface area contributed by atoms with Gasteiger partial charge in [-0.05, 0) is 71.5 Å². The molecule has 1 amide bonds. The first-order valence-corrected chi connectivity index (χ1v) is 8.14. The van der Waals surface area contributed by atoms with E-state index in [-0.39, 0.29) is 29.9 Å². The SMILES string of the molecule is CCC(C)(C)NC(=O)C(C)N1CCC2(CCNCC2)C1.Cl. The van der Waals surface area contributed by atoms with E-state index in [0.717, 1.165) is 32.6 Å². The average Bonchev–Trinajstić information content (AvgIpc) is 2.82. The average molecular weight is 318 g/mol. The molecule has 0 aromatic rings. The fraction of sp³-hybridized carbons (Fsp3) is 0.938. The molecule has 0 saturated carbocycles. The molecule has 2 saturated heterocycles. The molecule has 1 unspecified atom stereocenters. The van der Waals surface area contributed by atoms with E-state index in [1.807, 2.05) is 0 Å². The van der Waals surface area contributed by atoms with Gasteiger partial charge in [0.2, 0.25) is 5.91 Å². The lowest BCUT2D eigenvalue weighted by Crippen LogP contribution is -2.52. The third-order valence-electron chi connectivity index (χ3n) is 5.40. The van der Waals surface area contributed by atoms with Crippen LogP contribution in [0.2, 0.25) is 0 Å². The molecule has 2 aliphatic heterocycles. The Balaban J connectivity index is 0.00000220. The van der Waals surface area contributed by atoms with Crippen molar-refractivity contribution < 1.29 is 4.79 Å². The maximum absolute atomic E-state index is 12.4. The second kappa shape index (κ2) is 7.30. The van der Waals surface area contributed by atoms with Crippen molar-refractivity contribution in [1.29, 1.82) is 0 Å². The highest BCUT2D eigenvalue weighted by atomic mass is 35.5. The number of carbonyl (C=O) groups is 1. The molecule has 0 aliphatic carbocycles. The molecule has 1 spiro atoms. The molecule has 1 atom stereocenters. The van der Waals surface area contributed by atoms with E-state index < -0.39 is 0 Å². The van der Waals surface area contributed by atoms with Crippen LogP contribution in [-0.2, 0) is 4.79 Å². The number of amides is 1. The summed E-state index contributed by atoms with van der Waals surface area (Å²) in [4.78, 5) is 14.8. The molecule has 21 heavy (non-hydrogen) atoms. The van der Waals surface area contributed by atoms with Crippen molar-refractivity contribution in [3.8, 4) is 0 Å². The number of nitrogens with zero attached hydrogens (tertiary/aromatic N) is 1. The van der Waals surface area contributed by atoms with Crippen LogP contribution >= 0.6 is 12.4 Å². The molecule has 2 aliphatic rings. The lowest BCUT2D eigenvalue weighted by molar-refractivity contribution is -0.127. The fourth-order valence-corrected chi connectivity index (χ4v) is 3.36. The summed E-state index contributed by atoms with van der Waals surface area (Å²) in [6.45, 7) is 12.8. The van der Waals surface area contributed by atoms with Crippen LogP contribution in [0.25, 0.3) is 0 Å². The van der Waals surface area contributed by atoms with Crippen molar-refractivity contribution in [2.45, 2.75) is 65.0 Å². The van der Waals surface area contributed by atoms with Crippen molar-refractivity contribution in [2.75, 3.05) is 26.2 Å². The van der Waals surface area contributed by atoms with Crippen LogP contribution in [0.3, 0.4) is 0 Å². The van der Waals surface area contributed by atoms with Crippen molar-refractivity contribution in [2.24, 2.45) is 5.41 Å². The molecule has 5 heteroatoms. The van der Waals surface area contributed by atoms with Gasteiger partial charge < -0.3 is 10.6 Å². The first kappa shape index (κ1) is 18.7. The van der Waals surface area contributed by atoms with Crippen LogP contribution in [0.5, 0.6) is 0 Å². The van der Waals surface area contributed by atoms with Crippen LogP contribution < -0.4 is 10.6 Å². The first-order valence-electron chi connectivity index (χ1n) is 8.14. The van der Waals surface area contributed by atoms with Gasteiger partial charge in [-0.2, -0.15) is 0 Å². The summed E-state index contributed by atoms with van der Waals surface area (Å²) in [6.07, 6.45) is 4.74. The fourth-order valence-electron chi connectivity index (χ4n) is 3.36. The molecule has 0 aromatic heterocycles. The van der Waals surface area contributed by atoms with E-state index in [1.54, 1.807) is 0 Å². The summed E-state index contributed by atoms with van der Waals surface area (Å²) in [7, 11) is 0. The Morgan fingerprint density at radius 2 is 1.95 bits per heavy atom. The van der Waals surface area contributed by atoms with Gasteiger partial charge in [0.05, 0.1) is 6.04 Å². The minimum absolute atomic E-state index is 0. The number of rotatable bonds is 4. The number of piperidine rings is 1. The second-order valence-electron chi connectivity index (χ2n) is 7.37. The summed E-state index contributed by atoms with van der Waals surface area (Å²) >= 11 is 0. The Labute approximate surface area is 135 Å². The van der Waals surface area contributed by atoms with Crippen molar-refractivity contribution in [1.82, 2.24) is 15.5 Å². The van der Waals surface area contributed by atoms with Crippen LogP contribution in [0.1, 0.15) is 53.4 Å². The zero-order valence-corrected chi connectivity index (χ0v) is 14.8. The number of hydrogen-bond donors (Lipinski definition) is 2. The molecule has 0 bridgehead atoms. The topological polar surface area (TPSA) is 44.4 Å². The predicted octanol–water partition coefficient (Wildman–Crippen LogP) is 2.18. The van der Waals surface area contributed by atoms with Gasteiger partial charge in [-0.25, -0.2) is 0 Å². The molecule has 4 nitrogen and oxygen atoms in total. The highest BCUT2D eigenvalue weighted by Gasteiger charge is 2.41. The summed E-state index contributed by atoms with van der Waals surface area (Å²) in [5.74, 6) is 0.183. The quantitative estimate of drug-likeness (QED) is 0.835. The molecule has 0 radical (unpaired) electrons. The van der Waals surface area contributed by atoms with Crippen molar-refractivity contribution in [3.63, 3.8) is 0 Å². The van der Waals surface area contributed by atoms with Gasteiger partial charge in [-0.3, -0.25) is 9.69 Å². The first-order chi connectivity index (χ1) is 9.37. The third-order valence-corrected chi connectivity index (χ3v) is 5.40. The van der Waals surface area contributed by atoms with Gasteiger partial charge >= 0.3 is 0 Å². The molecule has 2 N–H and O–H groups in total. The van der Waals surface area contributed by atoms with Gasteiger partial charge in [0.15, 0.2) is 0 Å². The molecule has 2 fully saturated rings. The number of carbonyl (C=O) groups excluding carboxylic acids is 1. The number of halogens is 1. The highest BCUT2D eigenvalue weighted by Crippen LogP contribution is 2.39. The Kier molecular flexibility index (Phi) is 6.51. The van der Waals surface area contributed by atoms with Gasteiger partial charge in [-0.15, -0.1) is 12.4 Å². The molecule has 0 aromatic carbocycles. The van der Waals surface area contributed by atoms with Crippen LogP contribution in [-0.4, -0.2) is 48.6 Å². The van der Waals surface area contributed by atoms with Gasteiger partial charge in [0, 0.05) is 12.1 Å². The van der Waals surface area contributed by atoms with Crippen molar-refractivity contribution in [3.05, 3.63) is 0 Å². The Bertz CT molecular complexity index is 353. The summed E-state index contributed by atoms with van der Waals surface area (Å²) < 4.78 is 0. The van der Waals surface area contributed by atoms with E-state index in [1.165, 1.54) is 19.3 Å². The second-order valence-corrected chi connectivity index (χ2v) is 7.37. The Morgan fingerprint density at radius 1 is 1.33 bits per heavy atom. The molecule has 2 heterocycles. The zero-order valence-electron chi connectivity index (χ0n) is 14.0. The van der Waals surface area contributed by atoms with Gasteiger partial charge in [0.25, 0.3) is 0 Å². The Hall–Kier alpha value is -0.320. The van der Waals surface area contributed by atoms with E-state index in [4.69, 9.17) is 0 Å². The summed E-state index contributed by atoms with van der Waals surface area (Å²) in [5.41, 5.74) is 0.373. The zero-order chi connectivity index (χ0) is 14.8. The Morgan fingerprint density at radius 3 is 2.52 bits per heavy atom. The summed E-state index contributed by atoms with van der Waals surface area (Å²) in [5, 5.41) is 6.62. The predicted molar refractivity (Wildman–Crippen MR) is 89.9 cm³/mol. The number of nitrogens with one attached hydrogen (secondary N) is 2. The van der Waals surface area contributed by atoms with E-state index >= 15 is 0 Å². The summed E-state index contributed by atoms with van der Waals surface area (Å²) in [6, 6.07) is -0.00455. The normalized spacial score (nSPS) is 23.6. The van der Waals surface area contributed by atoms with Crippen LogP contribution in [0.4, 0.5) is 0 Å². The van der Waals surface area contributed by atoms with E-state index in [2.05, 4.69) is 43.2 Å². The lowest BCUT2D eigenvalue weighted by Gasteiger charge is -2.35. The van der Waals surface area contributed by atoms with Gasteiger partial charge in [0.1, 0.15) is 0 Å². The third kappa shape index (κ3) is 4.57. The smallest absolute Gasteiger partial charge is 0.237 e. The molecule has 124 valence electrons. The number of hydrogen-bond acceptors (Lipinski definition) is 3. The van der Waals surface area contributed by atoms with E-state index in [0.29, 0.717) is 5.41 Å². The van der Waals surface area contributed by atoms with Crippen molar-refractivity contribution >= 4 is 18.3 Å². The largest absolute Gasteiger partial charge is 0.350 e. The molecular formula is C16H32ClN3O. The standard InChI is InChI=1S/C16H31N3O.ClH/c1-5-15(3,4)18-14(20)13(2)19-11-8-16(12-19)6-9-17-10-7-16;/h13,17H,5-12H2,1-4H3,(H,18,20);1H. The highest BCUT2D eigenvalue weighted by molar-refractivity contribution is 5.85. The van der Waals surface area contributed by atoms with Gasteiger partial charge in [-0.1, -0.05) is 6.92 Å². The maximum Gasteiger partial charge on any atom is 0.237 e. The monoisotopic (exact) mass is 317 g/mol. The lowest BCUT2D eigenvalue weighted by atomic mass is 9.78. The minimum atomic E-state index is -0.0997. The van der Waals surface area contributed by atoms with Crippen LogP contribution in [0, 0.1) is 5.41 Å². The number of likely N-dealkylation sites (tertiary alicyclic amines) is 1.